The number of anilines is 1. The highest BCUT2D eigenvalue weighted by Gasteiger charge is 2.13. The Labute approximate surface area is 113 Å². The molecule has 0 saturated heterocycles. The molecule has 5 nitrogen and oxygen atoms in total. The molecule has 2 aromatic rings. The smallest absolute Gasteiger partial charge is 0.273 e. The second kappa shape index (κ2) is 4.89. The van der Waals surface area contributed by atoms with Gasteiger partial charge in [0.2, 0.25) is 0 Å². The molecule has 0 unspecified atom stereocenters. The van der Waals surface area contributed by atoms with Gasteiger partial charge in [0.05, 0.1) is 17.6 Å². The molecule has 0 spiro atoms. The summed E-state index contributed by atoms with van der Waals surface area (Å²) in [6.07, 6.45) is 3.32. The second-order valence-electron chi connectivity index (χ2n) is 4.04. The molecule has 0 aliphatic carbocycles. The first-order valence-corrected chi connectivity index (χ1v) is 6.20. The van der Waals surface area contributed by atoms with E-state index in [4.69, 9.17) is 0 Å². The molecular formula is C12H13BrN4O. The van der Waals surface area contributed by atoms with Gasteiger partial charge < -0.3 is 5.32 Å². The maximum absolute atomic E-state index is 12.1. The van der Waals surface area contributed by atoms with Gasteiger partial charge in [-0.2, -0.15) is 5.10 Å². The third-order valence-electron chi connectivity index (χ3n) is 2.64. The first kappa shape index (κ1) is 12.8. The number of halogens is 1. The molecule has 0 aliphatic heterocycles. The summed E-state index contributed by atoms with van der Waals surface area (Å²) in [6, 6.07) is 1.75. The highest BCUT2D eigenvalue weighted by atomic mass is 79.9. The highest BCUT2D eigenvalue weighted by molar-refractivity contribution is 9.10. The van der Waals surface area contributed by atoms with Crippen molar-refractivity contribution in [3.63, 3.8) is 0 Å². The number of hydrogen-bond donors (Lipinski definition) is 1. The molecule has 0 bridgehead atoms. The molecule has 0 aromatic carbocycles. The van der Waals surface area contributed by atoms with E-state index in [9.17, 15) is 4.79 Å². The van der Waals surface area contributed by atoms with Gasteiger partial charge >= 0.3 is 0 Å². The number of amides is 1. The summed E-state index contributed by atoms with van der Waals surface area (Å²) in [5.41, 5.74) is 2.96. The van der Waals surface area contributed by atoms with Crippen molar-refractivity contribution in [2.75, 3.05) is 5.32 Å². The lowest BCUT2D eigenvalue weighted by atomic mass is 10.2. The Bertz CT molecular complexity index is 606. The van der Waals surface area contributed by atoms with Gasteiger partial charge in [-0.05, 0) is 41.4 Å². The molecular weight excluding hydrogens is 296 g/mol. The summed E-state index contributed by atoms with van der Waals surface area (Å²) in [5.74, 6) is -0.193. The fourth-order valence-electron chi connectivity index (χ4n) is 1.64. The molecule has 18 heavy (non-hydrogen) atoms. The van der Waals surface area contributed by atoms with Crippen LogP contribution < -0.4 is 5.32 Å². The van der Waals surface area contributed by atoms with Crippen LogP contribution in [-0.2, 0) is 7.05 Å². The van der Waals surface area contributed by atoms with E-state index in [-0.39, 0.29) is 5.91 Å². The SMILES string of the molecule is Cc1cc(C(=O)Nc2cncc(Br)c2C)n(C)n1. The fraction of sp³-hybridized carbons (Fsp3) is 0.250. The van der Waals surface area contributed by atoms with Crippen molar-refractivity contribution in [2.24, 2.45) is 7.05 Å². The molecule has 0 fully saturated rings. The molecule has 94 valence electrons. The molecule has 1 N–H and O–H groups in total. The zero-order valence-corrected chi connectivity index (χ0v) is 11.9. The number of nitrogens with one attached hydrogen (secondary N) is 1. The quantitative estimate of drug-likeness (QED) is 0.927. The Kier molecular flexibility index (Phi) is 3.47. The lowest BCUT2D eigenvalue weighted by Crippen LogP contribution is -2.16. The van der Waals surface area contributed by atoms with Gasteiger partial charge in [-0.1, -0.05) is 0 Å². The van der Waals surface area contributed by atoms with Gasteiger partial charge in [0, 0.05) is 17.7 Å². The van der Waals surface area contributed by atoms with E-state index in [1.165, 1.54) is 0 Å². The van der Waals surface area contributed by atoms with E-state index in [2.05, 4.69) is 31.3 Å². The minimum Gasteiger partial charge on any atom is -0.319 e. The minimum atomic E-state index is -0.193. The van der Waals surface area contributed by atoms with Crippen molar-refractivity contribution in [1.29, 1.82) is 0 Å². The van der Waals surface area contributed by atoms with Crippen LogP contribution in [0.1, 0.15) is 21.7 Å². The van der Waals surface area contributed by atoms with E-state index >= 15 is 0 Å². The van der Waals surface area contributed by atoms with Crippen LogP contribution in [0.4, 0.5) is 5.69 Å². The van der Waals surface area contributed by atoms with Gasteiger partial charge in [0.15, 0.2) is 0 Å². The van der Waals surface area contributed by atoms with Crippen LogP contribution in [0.5, 0.6) is 0 Å². The van der Waals surface area contributed by atoms with E-state index < -0.39 is 0 Å². The summed E-state index contributed by atoms with van der Waals surface area (Å²) in [5, 5.41) is 6.97. The number of carbonyl (C=O) groups excluding carboxylic acids is 1. The number of nitrogens with zero attached hydrogens (tertiary/aromatic N) is 3. The topological polar surface area (TPSA) is 59.8 Å². The Morgan fingerprint density at radius 1 is 1.39 bits per heavy atom. The van der Waals surface area contributed by atoms with E-state index in [0.29, 0.717) is 11.4 Å². The molecule has 6 heteroatoms. The minimum absolute atomic E-state index is 0.193. The first-order chi connectivity index (χ1) is 8.49. The van der Waals surface area contributed by atoms with Crippen molar-refractivity contribution in [3.05, 3.63) is 39.9 Å². The fourth-order valence-corrected chi connectivity index (χ4v) is 1.97. The molecule has 1 amide bonds. The zero-order chi connectivity index (χ0) is 13.3. The highest BCUT2D eigenvalue weighted by Crippen LogP contribution is 2.22. The van der Waals surface area contributed by atoms with Crippen LogP contribution >= 0.6 is 15.9 Å². The Balaban J connectivity index is 2.27. The van der Waals surface area contributed by atoms with Gasteiger partial charge in [-0.3, -0.25) is 14.5 Å². The number of carbonyl (C=O) groups is 1. The monoisotopic (exact) mass is 308 g/mol. The maximum Gasteiger partial charge on any atom is 0.273 e. The Morgan fingerprint density at radius 3 is 2.72 bits per heavy atom. The van der Waals surface area contributed by atoms with Gasteiger partial charge in [0.1, 0.15) is 5.69 Å². The van der Waals surface area contributed by atoms with Gasteiger partial charge in [-0.25, -0.2) is 0 Å². The van der Waals surface area contributed by atoms with Crippen molar-refractivity contribution >= 4 is 27.5 Å². The normalized spacial score (nSPS) is 10.4. The number of rotatable bonds is 2. The molecule has 0 aliphatic rings. The summed E-state index contributed by atoms with van der Waals surface area (Å²) in [7, 11) is 1.74. The summed E-state index contributed by atoms with van der Waals surface area (Å²) < 4.78 is 2.42. The second-order valence-corrected chi connectivity index (χ2v) is 4.90. The predicted octanol–water partition coefficient (Wildman–Crippen LogP) is 2.45. The van der Waals surface area contributed by atoms with Crippen molar-refractivity contribution in [3.8, 4) is 0 Å². The lowest BCUT2D eigenvalue weighted by Gasteiger charge is -2.08. The Hall–Kier alpha value is -1.69. The molecule has 0 saturated carbocycles. The van der Waals surface area contributed by atoms with Crippen LogP contribution in [0.15, 0.2) is 22.9 Å². The van der Waals surface area contributed by atoms with Crippen LogP contribution in [0, 0.1) is 13.8 Å². The van der Waals surface area contributed by atoms with E-state index in [0.717, 1.165) is 15.7 Å². The number of aromatic nitrogens is 3. The zero-order valence-electron chi connectivity index (χ0n) is 10.4. The Morgan fingerprint density at radius 2 is 2.11 bits per heavy atom. The third kappa shape index (κ3) is 2.43. The van der Waals surface area contributed by atoms with E-state index in [1.807, 2.05) is 13.8 Å². The summed E-state index contributed by atoms with van der Waals surface area (Å²) in [6.45, 7) is 3.76. The third-order valence-corrected chi connectivity index (χ3v) is 3.44. The summed E-state index contributed by atoms with van der Waals surface area (Å²) >= 11 is 3.38. The van der Waals surface area contributed by atoms with Gasteiger partial charge in [-0.15, -0.1) is 0 Å². The van der Waals surface area contributed by atoms with Crippen LogP contribution in [-0.4, -0.2) is 20.7 Å². The molecule has 0 radical (unpaired) electrons. The standard InChI is InChI=1S/C12H13BrN4O/c1-7-4-11(17(3)16-7)12(18)15-10-6-14-5-9(13)8(10)2/h4-6H,1-3H3,(H,15,18). The average Bonchev–Trinajstić information content (AvgIpc) is 2.64. The summed E-state index contributed by atoms with van der Waals surface area (Å²) in [4.78, 5) is 16.1. The predicted molar refractivity (Wildman–Crippen MR) is 72.6 cm³/mol. The number of pyridine rings is 1. The molecule has 2 rings (SSSR count). The van der Waals surface area contributed by atoms with Crippen molar-refractivity contribution < 1.29 is 4.79 Å². The number of aryl methyl sites for hydroxylation is 2. The average molecular weight is 309 g/mol. The molecule has 2 aromatic heterocycles. The van der Waals surface area contributed by atoms with Crippen LogP contribution in [0.3, 0.4) is 0 Å². The van der Waals surface area contributed by atoms with Crippen LogP contribution in [0.25, 0.3) is 0 Å². The van der Waals surface area contributed by atoms with Crippen molar-refractivity contribution in [2.45, 2.75) is 13.8 Å². The lowest BCUT2D eigenvalue weighted by molar-refractivity contribution is 0.101. The van der Waals surface area contributed by atoms with Crippen molar-refractivity contribution in [1.82, 2.24) is 14.8 Å². The molecule has 2 heterocycles. The first-order valence-electron chi connectivity index (χ1n) is 5.41. The maximum atomic E-state index is 12.1. The van der Waals surface area contributed by atoms with Crippen LogP contribution in [0.2, 0.25) is 0 Å². The largest absolute Gasteiger partial charge is 0.319 e. The molecule has 0 atom stereocenters. The number of hydrogen-bond acceptors (Lipinski definition) is 3. The van der Waals surface area contributed by atoms with E-state index in [1.54, 1.807) is 30.2 Å². The van der Waals surface area contributed by atoms with Gasteiger partial charge in [0.25, 0.3) is 5.91 Å².